The second kappa shape index (κ2) is 34.2. The molecule has 0 atom stereocenters. The number of H-pyrrole nitrogens is 1. The van der Waals surface area contributed by atoms with Crippen LogP contribution >= 0.6 is 72.0 Å². The smallest absolute Gasteiger partial charge is 0.313 e. The second-order valence-corrected chi connectivity index (χ2v) is 30.4. The molecule has 6 aromatic heterocycles. The summed E-state index contributed by atoms with van der Waals surface area (Å²) >= 11 is 21.6. The van der Waals surface area contributed by atoms with E-state index < -0.39 is 41.6 Å². The van der Waals surface area contributed by atoms with E-state index in [0.717, 1.165) is 42.5 Å². The zero-order valence-corrected chi connectivity index (χ0v) is 46.3. The molecule has 1 fully saturated rings. The van der Waals surface area contributed by atoms with Gasteiger partial charge in [-0.2, -0.15) is 0 Å². The molecule has 1 aliphatic heterocycles. The third kappa shape index (κ3) is 24.5. The molecule has 5 N–H and O–H groups in total. The van der Waals surface area contributed by atoms with Gasteiger partial charge in [-0.3, -0.25) is 69.7 Å². The Morgan fingerprint density at radius 1 is 0.635 bits per heavy atom. The van der Waals surface area contributed by atoms with Crippen LogP contribution in [0, 0.1) is 71.3 Å². The standard InChI is InChI=1S/C8H8N4O3.C6H4ClN3O3.C6H3ClN2O4.C6H5ClN2O2.C6H6N2O3.C6H8N2.I3/c13-5-10-6-3-7(12(14)15)8(9-4-6)11-1-2-11;7-6-5(10(12)13)1-4(2-8-6)9-3-11;7-6-5(9(11)12)1-4(2-8-6)13-3-10;1-4-2-5(9(10)11)6(7)8-3-4;1-4-2-5(8(10)11)6(9)7-3-4;1-5-2-3-6(7)8-4-5;1-3-2/h3-5H,1-2H2,(H,10,13);1-3H,(H,9,11);1-3H;2-3H,1H3;2-3H,1H3,(H,7,9);2-4H,1H3,(H2,7,8);/q;;;;;;-1. The number of nitro groups is 5. The number of carbonyl (C=O) groups is 3. The first-order chi connectivity index (χ1) is 34.9. The number of pyridine rings is 6. The Morgan fingerprint density at radius 2 is 1.07 bits per heavy atom. The number of rotatable bonds is 12. The van der Waals surface area contributed by atoms with E-state index in [2.05, 4.69) is 82.5 Å². The molecule has 0 radical (unpaired) electrons. The van der Waals surface area contributed by atoms with Crippen molar-refractivity contribution in [3.63, 3.8) is 0 Å². The molecule has 7 rings (SSSR count). The van der Waals surface area contributed by atoms with Gasteiger partial charge in [0.1, 0.15) is 5.82 Å². The molecule has 2 amide bonds. The van der Waals surface area contributed by atoms with E-state index >= 15 is 0 Å². The number of aromatic nitrogens is 6. The van der Waals surface area contributed by atoms with Gasteiger partial charge in [0.2, 0.25) is 34.1 Å². The fourth-order valence-electron chi connectivity index (χ4n) is 4.47. The fraction of sp³-hybridized carbons (Fsp3) is 0.132. The number of ether oxygens (including phenoxy) is 1. The SMILES string of the molecule is Cc1c[nH]c(=O)c([N+](=O)[O-])c1.Cc1ccc(N)nc1.Cc1cnc(Cl)c([N+](=O)[O-])c1.I[I-]I.O=CNc1cnc(Cl)c([N+](=O)[O-])c1.O=CNc1cnc(N2CC2)c([N+](=O)[O-])c1.O=COc1cnc(Cl)c([N+](=O)[O-])c1. The maximum atomic E-state index is 10.7. The van der Waals surface area contributed by atoms with Crippen molar-refractivity contribution in [1.82, 2.24) is 29.9 Å². The number of aromatic amines is 1. The van der Waals surface area contributed by atoms with Crippen molar-refractivity contribution in [3.8, 4) is 5.75 Å². The largest absolute Gasteiger partial charge is 0.427 e. The topological polar surface area (TPSA) is 427 Å². The second-order valence-electron chi connectivity index (χ2n) is 13.1. The van der Waals surface area contributed by atoms with Gasteiger partial charge in [-0.05, 0) is 43.5 Å². The minimum atomic E-state index is -0.715. The molecule has 1 saturated heterocycles. The third-order valence-corrected chi connectivity index (χ3v) is 8.62. The molecule has 0 unspecified atom stereocenters. The van der Waals surface area contributed by atoms with Gasteiger partial charge in [-0.25, -0.2) is 24.9 Å². The number of hydrogen-bond donors (Lipinski definition) is 4. The molecule has 0 saturated carbocycles. The fourth-order valence-corrected chi connectivity index (χ4v) is 4.98. The van der Waals surface area contributed by atoms with Crippen molar-refractivity contribution in [3.05, 3.63) is 173 Å². The van der Waals surface area contributed by atoms with Crippen molar-refractivity contribution >= 4 is 143 Å². The van der Waals surface area contributed by atoms with Crippen LogP contribution in [0.5, 0.6) is 5.75 Å². The van der Waals surface area contributed by atoms with Crippen molar-refractivity contribution in [1.29, 1.82) is 0 Å². The van der Waals surface area contributed by atoms with E-state index in [0.29, 0.717) is 49.0 Å². The number of aryl methyl sites for hydroxylation is 3. The van der Waals surface area contributed by atoms with Crippen molar-refractivity contribution < 1.29 is 57.0 Å². The summed E-state index contributed by atoms with van der Waals surface area (Å²) in [5.74, 6) is 0.915. The summed E-state index contributed by atoms with van der Waals surface area (Å²) in [5, 5.41) is 55.8. The van der Waals surface area contributed by atoms with Gasteiger partial charge >= 0.3 is 84.5 Å². The third-order valence-electron chi connectivity index (χ3n) is 7.75. The average Bonchev–Trinajstić information content (AvgIpc) is 4.20. The first-order valence-electron chi connectivity index (χ1n) is 19.1. The van der Waals surface area contributed by atoms with Gasteiger partial charge in [-0.15, -0.1) is 0 Å². The Bertz CT molecular complexity index is 2890. The minimum Gasteiger partial charge on any atom is -0.427 e. The van der Waals surface area contributed by atoms with Crippen molar-refractivity contribution in [2.24, 2.45) is 0 Å². The van der Waals surface area contributed by atoms with E-state index in [9.17, 15) is 69.7 Å². The van der Waals surface area contributed by atoms with Crippen LogP contribution in [0.2, 0.25) is 15.5 Å². The predicted molar refractivity (Wildman–Crippen MR) is 281 cm³/mol. The van der Waals surface area contributed by atoms with Gasteiger partial charge in [0, 0.05) is 55.9 Å². The number of amides is 2. The average molecular weight is 1430 g/mol. The molecule has 1 aliphatic rings. The van der Waals surface area contributed by atoms with Crippen molar-refractivity contribution in [2.45, 2.75) is 20.8 Å². The van der Waals surface area contributed by atoms with E-state index in [4.69, 9.17) is 40.5 Å². The maximum absolute atomic E-state index is 10.7. The Kier molecular flexibility index (Phi) is 30.0. The summed E-state index contributed by atoms with van der Waals surface area (Å²) in [7, 11) is 0. The minimum absolute atomic E-state index is 0.0221. The number of nitrogen functional groups attached to an aromatic ring is 1. The van der Waals surface area contributed by atoms with Crippen LogP contribution in [0.15, 0.2) is 84.4 Å². The van der Waals surface area contributed by atoms with Crippen LogP contribution in [-0.2, 0) is 14.4 Å². The number of nitrogens with zero attached hydrogens (tertiary/aromatic N) is 11. The normalized spacial score (nSPS) is 10.1. The molecule has 0 bridgehead atoms. The molecular weight excluding hydrogens is 1390 g/mol. The maximum Gasteiger partial charge on any atom is 0.313 e. The summed E-state index contributed by atoms with van der Waals surface area (Å²) in [6.45, 7) is 7.09. The number of anilines is 4. The first kappa shape index (κ1) is 64.8. The summed E-state index contributed by atoms with van der Waals surface area (Å²) in [6, 6.07) is 9.79. The van der Waals surface area contributed by atoms with Gasteiger partial charge in [-0.1, -0.05) is 40.9 Å². The quantitative estimate of drug-likeness (QED) is 0.0310. The van der Waals surface area contributed by atoms with Crippen LogP contribution in [0.25, 0.3) is 0 Å². The molecule has 0 aromatic carbocycles. The molecule has 0 spiro atoms. The Hall–Kier alpha value is -7.23. The Labute approximate surface area is 459 Å². The van der Waals surface area contributed by atoms with Gasteiger partial charge in [0.25, 0.3) is 6.47 Å². The van der Waals surface area contributed by atoms with E-state index in [1.54, 1.807) is 31.0 Å². The number of nitrogens with two attached hydrogens (primary N) is 1. The number of carbonyl (C=O) groups excluding carboxylic acids is 3. The molecule has 30 nitrogen and oxygen atoms in total. The molecule has 6 aromatic rings. The van der Waals surface area contributed by atoms with Gasteiger partial charge in [0.15, 0.2) is 5.75 Å². The Balaban J connectivity index is 0.000000443. The number of nitrogens with one attached hydrogen (secondary N) is 3. The summed E-state index contributed by atoms with van der Waals surface area (Å²) in [6.07, 6.45) is 9.25. The van der Waals surface area contributed by atoms with Crippen LogP contribution in [0.1, 0.15) is 16.7 Å². The molecule has 74 heavy (non-hydrogen) atoms. The van der Waals surface area contributed by atoms with Crippen LogP contribution in [-0.4, -0.2) is 86.9 Å². The van der Waals surface area contributed by atoms with Crippen LogP contribution < -0.4 is 44.8 Å². The monoisotopic (exact) mass is 1430 g/mol. The molecule has 394 valence electrons. The van der Waals surface area contributed by atoms with Crippen molar-refractivity contribution in [2.75, 3.05) is 34.4 Å². The predicted octanol–water partition coefficient (Wildman–Crippen LogP) is 5.06. The molecule has 7 heterocycles. The number of halogens is 6. The molecular formula is C38H34Cl3I3N15O15-. The van der Waals surface area contributed by atoms with Gasteiger partial charge < -0.3 is 31.0 Å². The van der Waals surface area contributed by atoms with Gasteiger partial charge in [0.05, 0.1) is 60.6 Å². The zero-order valence-electron chi connectivity index (χ0n) is 37.5. The summed E-state index contributed by atoms with van der Waals surface area (Å²) < 4.78 is 4.35. The van der Waals surface area contributed by atoms with E-state index in [1.807, 2.05) is 13.0 Å². The van der Waals surface area contributed by atoms with Crippen LogP contribution in [0.4, 0.5) is 51.4 Å². The van der Waals surface area contributed by atoms with E-state index in [-0.39, 0.29) is 50.4 Å². The van der Waals surface area contributed by atoms with E-state index in [1.165, 1.54) is 43.0 Å². The zero-order chi connectivity index (χ0) is 56.1. The van der Waals surface area contributed by atoms with Crippen LogP contribution in [0.3, 0.4) is 0 Å². The Morgan fingerprint density at radius 3 is 1.49 bits per heavy atom. The molecule has 0 aliphatic carbocycles. The molecule has 36 heteroatoms. The summed E-state index contributed by atoms with van der Waals surface area (Å²) in [5.41, 5.74) is 6.34. The first-order valence-corrected chi connectivity index (χ1v) is 32.8. The number of hydrogen-bond acceptors (Lipinski definition) is 22. The summed E-state index contributed by atoms with van der Waals surface area (Å²) in [4.78, 5) is 112.